The van der Waals surface area contributed by atoms with Gasteiger partial charge in [-0.05, 0) is 25.8 Å². The Balaban J connectivity index is 4.91. The highest BCUT2D eigenvalue weighted by Crippen LogP contribution is 2.03. The number of amides is 3. The average Bonchev–Trinajstić information content (AvgIpc) is 2.62. The van der Waals surface area contributed by atoms with Crippen LogP contribution in [0.25, 0.3) is 0 Å². The summed E-state index contributed by atoms with van der Waals surface area (Å²) in [5.74, 6) is -2.96. The van der Waals surface area contributed by atoms with Crippen molar-refractivity contribution in [3.05, 3.63) is 0 Å². The summed E-state index contributed by atoms with van der Waals surface area (Å²) in [4.78, 5) is 46.8. The van der Waals surface area contributed by atoms with E-state index in [1.54, 1.807) is 0 Å². The molecule has 0 saturated carbocycles. The summed E-state index contributed by atoms with van der Waals surface area (Å²) < 4.78 is 0. The fourth-order valence-electron chi connectivity index (χ4n) is 1.88. The molecule has 0 aromatic rings. The quantitative estimate of drug-likeness (QED) is 0.122. The summed E-state index contributed by atoms with van der Waals surface area (Å²) in [7, 11) is 0. The van der Waals surface area contributed by atoms with Gasteiger partial charge in [0, 0.05) is 11.5 Å². The number of carboxylic acid groups (broad SMARTS) is 1. The molecule has 0 spiro atoms. The van der Waals surface area contributed by atoms with Gasteiger partial charge < -0.3 is 32.5 Å². The third-order valence-corrected chi connectivity index (χ3v) is 4.10. The second-order valence-electron chi connectivity index (χ2n) is 5.49. The van der Waals surface area contributed by atoms with E-state index in [9.17, 15) is 19.2 Å². The van der Waals surface area contributed by atoms with Gasteiger partial charge in [0.1, 0.15) is 18.6 Å². The molecule has 3 amide bonds. The van der Waals surface area contributed by atoms with Gasteiger partial charge in [-0.2, -0.15) is 25.3 Å². The van der Waals surface area contributed by atoms with Gasteiger partial charge in [0.25, 0.3) is 0 Å². The molecule has 0 heterocycles. The van der Waals surface area contributed by atoms with Crippen molar-refractivity contribution >= 4 is 48.9 Å². The van der Waals surface area contributed by atoms with Gasteiger partial charge in [-0.3, -0.25) is 19.2 Å². The Hall–Kier alpha value is -1.50. The molecular weight excluding hydrogens is 382 g/mol. The Morgan fingerprint density at radius 2 is 1.54 bits per heavy atom. The molecule has 0 saturated heterocycles. The molecule has 0 rings (SSSR count). The van der Waals surface area contributed by atoms with Gasteiger partial charge in [0.15, 0.2) is 0 Å². The first-order chi connectivity index (χ1) is 12.3. The summed E-state index contributed by atoms with van der Waals surface area (Å²) in [5.41, 5.74) is 11.0. The van der Waals surface area contributed by atoms with Crippen LogP contribution in [0, 0.1) is 0 Å². The Bertz CT molecular complexity index is 494. The van der Waals surface area contributed by atoms with E-state index >= 15 is 0 Å². The standard InChI is InChI=1S/C14H27N5O5S2/c15-4-2-1-3-9(18-12(22)8(16)6-25)14(24)19-10(7-26)13(23)17-5-11(20)21/h8-10,25-26H,1-7,15-16H2,(H,17,23)(H,18,22)(H,19,24)(H,20,21). The summed E-state index contributed by atoms with van der Waals surface area (Å²) in [5, 5.41) is 15.7. The number of carbonyl (C=O) groups is 4. The molecule has 0 aliphatic carbocycles. The largest absolute Gasteiger partial charge is 0.480 e. The van der Waals surface area contributed by atoms with Crippen molar-refractivity contribution in [2.45, 2.75) is 37.4 Å². The van der Waals surface area contributed by atoms with Gasteiger partial charge in [0.2, 0.25) is 17.7 Å². The molecule has 3 atom stereocenters. The highest BCUT2D eigenvalue weighted by molar-refractivity contribution is 7.80. The van der Waals surface area contributed by atoms with E-state index in [1.165, 1.54) is 0 Å². The van der Waals surface area contributed by atoms with Gasteiger partial charge in [0.05, 0.1) is 6.04 Å². The first-order valence-corrected chi connectivity index (χ1v) is 9.30. The molecule has 0 aliphatic heterocycles. The number of hydrogen-bond acceptors (Lipinski definition) is 8. The Morgan fingerprint density at radius 3 is 2.04 bits per heavy atom. The normalized spacial score (nSPS) is 14.0. The molecule has 150 valence electrons. The molecule has 3 unspecified atom stereocenters. The lowest BCUT2D eigenvalue weighted by molar-refractivity contribution is -0.138. The zero-order chi connectivity index (χ0) is 20.1. The lowest BCUT2D eigenvalue weighted by atomic mass is 10.1. The van der Waals surface area contributed by atoms with Crippen molar-refractivity contribution in [2.75, 3.05) is 24.6 Å². The van der Waals surface area contributed by atoms with Crippen molar-refractivity contribution in [3.63, 3.8) is 0 Å². The zero-order valence-electron chi connectivity index (χ0n) is 14.3. The first kappa shape index (κ1) is 24.5. The number of thiol groups is 2. The van der Waals surface area contributed by atoms with E-state index in [0.717, 1.165) is 0 Å². The Labute approximate surface area is 163 Å². The van der Waals surface area contributed by atoms with Crippen molar-refractivity contribution in [1.29, 1.82) is 0 Å². The minimum Gasteiger partial charge on any atom is -0.480 e. The Kier molecular flexibility index (Phi) is 12.9. The molecule has 0 aliphatic rings. The van der Waals surface area contributed by atoms with Gasteiger partial charge >= 0.3 is 5.97 Å². The summed E-state index contributed by atoms with van der Waals surface area (Å²) >= 11 is 7.93. The third-order valence-electron chi connectivity index (χ3n) is 3.34. The van der Waals surface area contributed by atoms with E-state index in [4.69, 9.17) is 16.6 Å². The monoisotopic (exact) mass is 409 g/mol. The third kappa shape index (κ3) is 9.85. The van der Waals surface area contributed by atoms with Gasteiger partial charge in [-0.1, -0.05) is 0 Å². The van der Waals surface area contributed by atoms with Gasteiger partial charge in [-0.25, -0.2) is 0 Å². The van der Waals surface area contributed by atoms with E-state index in [1.807, 2.05) is 0 Å². The number of unbranched alkanes of at least 4 members (excludes halogenated alkanes) is 1. The predicted molar refractivity (Wildman–Crippen MR) is 103 cm³/mol. The molecule has 0 bridgehead atoms. The van der Waals surface area contributed by atoms with Crippen LogP contribution in [0.3, 0.4) is 0 Å². The van der Waals surface area contributed by atoms with Crippen molar-refractivity contribution < 1.29 is 24.3 Å². The molecule has 0 aromatic carbocycles. The fraction of sp³-hybridized carbons (Fsp3) is 0.714. The zero-order valence-corrected chi connectivity index (χ0v) is 16.1. The van der Waals surface area contributed by atoms with Crippen LogP contribution in [0.4, 0.5) is 0 Å². The maximum absolute atomic E-state index is 12.4. The molecule has 8 N–H and O–H groups in total. The number of hydrogen-bond donors (Lipinski definition) is 8. The number of carboxylic acids is 1. The molecule has 12 heteroatoms. The first-order valence-electron chi connectivity index (χ1n) is 8.04. The lowest BCUT2D eigenvalue weighted by Gasteiger charge is -2.23. The molecule has 26 heavy (non-hydrogen) atoms. The molecule has 0 radical (unpaired) electrons. The van der Waals surface area contributed by atoms with E-state index < -0.39 is 48.4 Å². The molecule has 0 fully saturated rings. The number of aliphatic carboxylic acids is 1. The summed E-state index contributed by atoms with van der Waals surface area (Å²) in [6, 6.07) is -2.82. The maximum atomic E-state index is 12.4. The van der Waals surface area contributed by atoms with Gasteiger partial charge in [-0.15, -0.1) is 0 Å². The van der Waals surface area contributed by atoms with Crippen LogP contribution >= 0.6 is 25.3 Å². The Morgan fingerprint density at radius 1 is 0.923 bits per heavy atom. The number of rotatable bonds is 13. The highest BCUT2D eigenvalue weighted by Gasteiger charge is 2.27. The van der Waals surface area contributed by atoms with E-state index in [2.05, 4.69) is 41.2 Å². The second-order valence-corrected chi connectivity index (χ2v) is 6.22. The number of nitrogens with two attached hydrogens (primary N) is 2. The van der Waals surface area contributed by atoms with Crippen molar-refractivity contribution in [1.82, 2.24) is 16.0 Å². The van der Waals surface area contributed by atoms with Crippen molar-refractivity contribution in [3.8, 4) is 0 Å². The van der Waals surface area contributed by atoms with Crippen LogP contribution in [0.5, 0.6) is 0 Å². The van der Waals surface area contributed by atoms with Crippen LogP contribution in [0.2, 0.25) is 0 Å². The molecule has 10 nitrogen and oxygen atoms in total. The van der Waals surface area contributed by atoms with Crippen LogP contribution in [0.1, 0.15) is 19.3 Å². The number of nitrogens with one attached hydrogen (secondary N) is 3. The van der Waals surface area contributed by atoms with Crippen LogP contribution in [-0.2, 0) is 19.2 Å². The summed E-state index contributed by atoms with van der Waals surface area (Å²) in [6.45, 7) is -0.137. The van der Waals surface area contributed by atoms with E-state index in [0.29, 0.717) is 25.8 Å². The van der Waals surface area contributed by atoms with Crippen LogP contribution in [-0.4, -0.2) is 71.5 Å². The minimum absolute atomic E-state index is 0.0448. The fourth-order valence-corrected chi connectivity index (χ4v) is 2.30. The highest BCUT2D eigenvalue weighted by atomic mass is 32.1. The minimum atomic E-state index is -1.21. The predicted octanol–water partition coefficient (Wildman–Crippen LogP) is -2.53. The second kappa shape index (κ2) is 13.7. The van der Waals surface area contributed by atoms with Crippen molar-refractivity contribution in [2.24, 2.45) is 11.5 Å². The maximum Gasteiger partial charge on any atom is 0.322 e. The van der Waals surface area contributed by atoms with Crippen LogP contribution < -0.4 is 27.4 Å². The molecular formula is C14H27N5O5S2. The van der Waals surface area contributed by atoms with Crippen LogP contribution in [0.15, 0.2) is 0 Å². The summed E-state index contributed by atoms with van der Waals surface area (Å²) in [6.07, 6.45) is 1.55. The smallest absolute Gasteiger partial charge is 0.322 e. The van der Waals surface area contributed by atoms with E-state index in [-0.39, 0.29) is 11.5 Å². The topological polar surface area (TPSA) is 177 Å². The molecule has 0 aromatic heterocycles. The average molecular weight is 410 g/mol. The SMILES string of the molecule is NCCCCC(NC(=O)C(N)CS)C(=O)NC(CS)C(=O)NCC(=O)O. The lowest BCUT2D eigenvalue weighted by Crippen LogP contribution is -2.56. The number of carbonyl (C=O) groups excluding carboxylic acids is 3.